The molecule has 5 aliphatic carbocycles. The first-order valence-electron chi connectivity index (χ1n) is 17.6. The summed E-state index contributed by atoms with van der Waals surface area (Å²) in [5, 5.41) is 9.55. The van der Waals surface area contributed by atoms with Crippen LogP contribution in [-0.2, 0) is 19.1 Å². The molecule has 5 saturated carbocycles. The number of ether oxygens (including phenoxy) is 2. The molecule has 1 aromatic carbocycles. The summed E-state index contributed by atoms with van der Waals surface area (Å²) in [5.41, 5.74) is 2.15. The second-order valence-corrected chi connectivity index (χ2v) is 17.0. The topological polar surface area (TPSA) is 72.8 Å². The molecule has 5 heteroatoms. The van der Waals surface area contributed by atoms with Crippen LogP contribution in [0.2, 0.25) is 0 Å². The normalized spacial score (nSPS) is 43.4. The average molecular weight is 617 g/mol. The molecule has 0 bridgehead atoms. The van der Waals surface area contributed by atoms with Crippen LogP contribution in [0.1, 0.15) is 111 Å². The molecule has 5 fully saturated rings. The van der Waals surface area contributed by atoms with Gasteiger partial charge in [-0.15, -0.1) is 0 Å². The minimum atomic E-state index is -0.354. The SMILES string of the molecule is C=C(C)[C@@H]1CC[C@]2(C(=O)OC)CC[C@]3(C)C(CCC4[C@@]5(C)CC[C@H](OC(=O)/C=C/c6ccc(O)cc6)C(C)(C)C5CC[C@]43C)C12. The van der Waals surface area contributed by atoms with Crippen molar-refractivity contribution < 1.29 is 24.2 Å². The van der Waals surface area contributed by atoms with E-state index in [2.05, 4.69) is 48.1 Å². The Morgan fingerprint density at radius 1 is 0.867 bits per heavy atom. The first-order chi connectivity index (χ1) is 21.1. The van der Waals surface area contributed by atoms with Crippen molar-refractivity contribution in [1.82, 2.24) is 0 Å². The zero-order chi connectivity index (χ0) is 32.6. The van der Waals surface area contributed by atoms with Crippen LogP contribution in [-0.4, -0.2) is 30.3 Å². The predicted octanol–water partition coefficient (Wildman–Crippen LogP) is 9.15. The van der Waals surface area contributed by atoms with Gasteiger partial charge in [-0.05, 0) is 141 Å². The fourth-order valence-corrected chi connectivity index (χ4v) is 12.8. The van der Waals surface area contributed by atoms with Crippen molar-refractivity contribution in [1.29, 1.82) is 0 Å². The van der Waals surface area contributed by atoms with Gasteiger partial charge in [0.2, 0.25) is 0 Å². The summed E-state index contributed by atoms with van der Waals surface area (Å²) < 4.78 is 11.7. The lowest BCUT2D eigenvalue weighted by Gasteiger charge is -2.72. The second-order valence-electron chi connectivity index (χ2n) is 17.0. The highest BCUT2D eigenvalue weighted by molar-refractivity contribution is 5.87. The van der Waals surface area contributed by atoms with Crippen molar-refractivity contribution >= 4 is 18.0 Å². The lowest BCUT2D eigenvalue weighted by molar-refractivity contribution is -0.250. The van der Waals surface area contributed by atoms with Crippen LogP contribution < -0.4 is 0 Å². The summed E-state index contributed by atoms with van der Waals surface area (Å²) in [5.74, 6) is 2.24. The van der Waals surface area contributed by atoms with Crippen molar-refractivity contribution in [3.63, 3.8) is 0 Å². The number of rotatable bonds is 5. The Bertz CT molecular complexity index is 1380. The number of phenols is 1. The van der Waals surface area contributed by atoms with Crippen LogP contribution in [0, 0.1) is 56.7 Å². The highest BCUT2D eigenvalue weighted by atomic mass is 16.5. The van der Waals surface area contributed by atoms with Gasteiger partial charge >= 0.3 is 11.9 Å². The fourth-order valence-electron chi connectivity index (χ4n) is 12.8. The first-order valence-corrected chi connectivity index (χ1v) is 17.6. The zero-order valence-corrected chi connectivity index (χ0v) is 28.8. The number of benzene rings is 1. The van der Waals surface area contributed by atoms with Gasteiger partial charge in [-0.1, -0.05) is 58.9 Å². The smallest absolute Gasteiger partial charge is 0.331 e. The maximum atomic E-state index is 13.5. The second kappa shape index (κ2) is 11.0. The minimum absolute atomic E-state index is 0.0220. The van der Waals surface area contributed by atoms with Crippen LogP contribution in [0.15, 0.2) is 42.5 Å². The Morgan fingerprint density at radius 3 is 2.24 bits per heavy atom. The highest BCUT2D eigenvalue weighted by Gasteiger charge is 2.72. The molecule has 0 aromatic heterocycles. The standard InChI is InChI=1S/C40H56O5/c1-25(2)28-17-22-40(35(43)44-8)24-23-38(6)29(34(28)40)14-15-31-37(5)20-19-32(36(3,4)30(37)18-21-39(31,38)7)45-33(42)16-11-26-9-12-27(41)13-10-26/h9-13,16,28-32,34,41H,1,14-15,17-24H2,2-8H3/b16-11+/t28-,29?,30?,31?,32-,34?,37-,38+,39+,40-/m0/s1. The number of allylic oxidation sites excluding steroid dienone is 1. The number of aromatic hydroxyl groups is 1. The van der Waals surface area contributed by atoms with Gasteiger partial charge < -0.3 is 14.6 Å². The van der Waals surface area contributed by atoms with Crippen molar-refractivity contribution in [2.75, 3.05) is 7.11 Å². The van der Waals surface area contributed by atoms with Crippen molar-refractivity contribution in [2.24, 2.45) is 56.7 Å². The molecule has 10 atom stereocenters. The zero-order valence-electron chi connectivity index (χ0n) is 28.8. The molecular formula is C40H56O5. The number of esters is 2. The van der Waals surface area contributed by atoms with Gasteiger partial charge in [-0.25, -0.2) is 4.79 Å². The van der Waals surface area contributed by atoms with E-state index in [4.69, 9.17) is 9.47 Å². The number of hydrogen-bond acceptors (Lipinski definition) is 5. The number of carbonyl (C=O) groups is 2. The largest absolute Gasteiger partial charge is 0.508 e. The van der Waals surface area contributed by atoms with Crippen molar-refractivity contribution in [2.45, 2.75) is 112 Å². The number of methoxy groups -OCH3 is 1. The predicted molar refractivity (Wildman–Crippen MR) is 178 cm³/mol. The maximum Gasteiger partial charge on any atom is 0.331 e. The van der Waals surface area contributed by atoms with E-state index in [0.717, 1.165) is 50.5 Å². The Labute approximate surface area is 271 Å². The van der Waals surface area contributed by atoms with Crippen LogP contribution in [0.4, 0.5) is 0 Å². The molecule has 0 saturated heterocycles. The van der Waals surface area contributed by atoms with Crippen LogP contribution in [0.3, 0.4) is 0 Å². The highest BCUT2D eigenvalue weighted by Crippen LogP contribution is 2.77. The molecule has 1 aromatic rings. The van der Waals surface area contributed by atoms with Gasteiger partial charge in [0.25, 0.3) is 0 Å². The summed E-state index contributed by atoms with van der Waals surface area (Å²) in [7, 11) is 1.58. The number of fused-ring (bicyclic) bond motifs is 7. The molecule has 1 N–H and O–H groups in total. The van der Waals surface area contributed by atoms with Crippen molar-refractivity contribution in [3.8, 4) is 5.75 Å². The molecule has 6 rings (SSSR count). The van der Waals surface area contributed by atoms with E-state index in [9.17, 15) is 14.7 Å². The molecule has 0 aliphatic heterocycles. The summed E-state index contributed by atoms with van der Waals surface area (Å²) in [6, 6.07) is 6.82. The molecule has 4 unspecified atom stereocenters. The minimum Gasteiger partial charge on any atom is -0.508 e. The van der Waals surface area contributed by atoms with E-state index >= 15 is 0 Å². The van der Waals surface area contributed by atoms with Crippen LogP contribution >= 0.6 is 0 Å². The molecular weight excluding hydrogens is 560 g/mol. The third-order valence-electron chi connectivity index (χ3n) is 15.2. The molecule has 0 amide bonds. The van der Waals surface area contributed by atoms with E-state index < -0.39 is 0 Å². The fraction of sp³-hybridized carbons (Fsp3) is 0.700. The van der Waals surface area contributed by atoms with Gasteiger partial charge in [0.1, 0.15) is 11.9 Å². The van der Waals surface area contributed by atoms with E-state index in [0.29, 0.717) is 29.6 Å². The van der Waals surface area contributed by atoms with E-state index in [1.54, 1.807) is 37.5 Å². The van der Waals surface area contributed by atoms with Crippen molar-refractivity contribution in [3.05, 3.63) is 48.1 Å². The van der Waals surface area contributed by atoms with Gasteiger partial charge in [-0.2, -0.15) is 0 Å². The maximum absolute atomic E-state index is 13.5. The summed E-state index contributed by atoms with van der Waals surface area (Å²) >= 11 is 0. The average Bonchev–Trinajstić information content (AvgIpc) is 3.39. The molecule has 0 radical (unpaired) electrons. The van der Waals surface area contributed by atoms with Crippen LogP contribution in [0.25, 0.3) is 6.08 Å². The van der Waals surface area contributed by atoms with E-state index in [1.165, 1.54) is 30.9 Å². The van der Waals surface area contributed by atoms with E-state index in [1.807, 2.05) is 0 Å². The molecule has 0 heterocycles. The Kier molecular flexibility index (Phi) is 7.93. The lowest BCUT2D eigenvalue weighted by atomic mass is 9.32. The summed E-state index contributed by atoms with van der Waals surface area (Å²) in [6.07, 6.45) is 13.9. The van der Waals surface area contributed by atoms with Gasteiger partial charge in [0, 0.05) is 11.5 Å². The van der Waals surface area contributed by atoms with Gasteiger partial charge in [0.05, 0.1) is 12.5 Å². The Morgan fingerprint density at radius 2 is 1.58 bits per heavy atom. The van der Waals surface area contributed by atoms with Crippen LogP contribution in [0.5, 0.6) is 5.75 Å². The molecule has 45 heavy (non-hydrogen) atoms. The molecule has 246 valence electrons. The van der Waals surface area contributed by atoms with Gasteiger partial charge in [0.15, 0.2) is 0 Å². The molecule has 0 spiro atoms. The van der Waals surface area contributed by atoms with E-state index in [-0.39, 0.29) is 50.9 Å². The lowest BCUT2D eigenvalue weighted by Crippen LogP contribution is -2.67. The first kappa shape index (κ1) is 32.4. The quantitative estimate of drug-likeness (QED) is 0.203. The number of hydrogen-bond donors (Lipinski definition) is 1. The van der Waals surface area contributed by atoms with Gasteiger partial charge in [-0.3, -0.25) is 4.79 Å². The summed E-state index contributed by atoms with van der Waals surface area (Å²) in [6.45, 7) is 19.1. The Hall–Kier alpha value is -2.56. The third kappa shape index (κ3) is 4.67. The Balaban J connectivity index is 1.24. The number of carbonyl (C=O) groups excluding carboxylic acids is 2. The number of phenolic OH excluding ortho intramolecular Hbond substituents is 1. The molecule has 5 aliphatic rings. The third-order valence-corrected chi connectivity index (χ3v) is 15.2. The summed E-state index contributed by atoms with van der Waals surface area (Å²) in [4.78, 5) is 26.5. The molecule has 5 nitrogen and oxygen atoms in total. The monoisotopic (exact) mass is 616 g/mol.